The van der Waals surface area contributed by atoms with Crippen molar-refractivity contribution in [3.63, 3.8) is 0 Å². The summed E-state index contributed by atoms with van der Waals surface area (Å²) in [5, 5.41) is 28.2. The van der Waals surface area contributed by atoms with Crippen LogP contribution < -0.4 is 22.2 Å². The Bertz CT molecular complexity index is 714. The molecule has 0 unspecified atom stereocenters. The predicted molar refractivity (Wildman–Crippen MR) is 112 cm³/mol. The van der Waals surface area contributed by atoms with Gasteiger partial charge in [0.2, 0.25) is 0 Å². The Kier molecular flexibility index (Phi) is 11.3. The normalized spacial score (nSPS) is 17.2. The molecule has 0 amide bonds. The molecule has 1 aliphatic carbocycles. The van der Waals surface area contributed by atoms with Crippen LogP contribution in [0.15, 0.2) is 28.7 Å². The van der Waals surface area contributed by atoms with Gasteiger partial charge in [0.15, 0.2) is 0 Å². The van der Waals surface area contributed by atoms with E-state index in [1.54, 1.807) is 17.5 Å². The molecular weight excluding hydrogens is 433 g/mol. The quantitative estimate of drug-likeness (QED) is 0.320. The van der Waals surface area contributed by atoms with Gasteiger partial charge < -0.3 is 21.5 Å². The molecule has 0 spiro atoms. The van der Waals surface area contributed by atoms with E-state index in [9.17, 15) is 13.2 Å². The number of aliphatic carboxylic acids is 1. The number of carboxylic acid groups (broad SMARTS) is 1. The van der Waals surface area contributed by atoms with Crippen LogP contribution in [0.2, 0.25) is 0 Å². The van der Waals surface area contributed by atoms with Gasteiger partial charge in [0.1, 0.15) is 5.54 Å². The lowest BCUT2D eigenvalue weighted by molar-refractivity contribution is -0.192. The molecule has 8 nitrogen and oxygen atoms in total. The lowest BCUT2D eigenvalue weighted by atomic mass is 10.2. The summed E-state index contributed by atoms with van der Waals surface area (Å²) in [6.07, 6.45) is 2.40. The van der Waals surface area contributed by atoms with Crippen molar-refractivity contribution in [2.24, 2.45) is 11.6 Å². The lowest BCUT2D eigenvalue weighted by Gasteiger charge is -2.20. The Balaban J connectivity index is 0.000000302. The van der Waals surface area contributed by atoms with E-state index in [4.69, 9.17) is 26.7 Å². The molecule has 174 valence electrons. The zero-order valence-corrected chi connectivity index (χ0v) is 17.9. The summed E-state index contributed by atoms with van der Waals surface area (Å²) in [5.74, 6) is 3.06. The van der Waals surface area contributed by atoms with E-state index in [1.165, 1.54) is 42.9 Å². The monoisotopic (exact) mass is 462 g/mol. The van der Waals surface area contributed by atoms with Crippen molar-refractivity contribution in [1.29, 1.82) is 5.26 Å². The highest BCUT2D eigenvalue weighted by molar-refractivity contribution is 7.07. The number of alkyl halides is 3. The third-order valence-corrected chi connectivity index (χ3v) is 5.15. The molecule has 1 aromatic heterocycles. The maximum absolute atomic E-state index is 10.6. The van der Waals surface area contributed by atoms with Crippen molar-refractivity contribution in [2.75, 3.05) is 19.6 Å². The molecule has 0 atom stereocenters. The van der Waals surface area contributed by atoms with Crippen LogP contribution in [0.5, 0.6) is 0 Å². The fraction of sp³-hybridized carbons (Fsp3) is 0.579. The minimum atomic E-state index is -5.08. The first-order valence-electron chi connectivity index (χ1n) is 9.75. The minimum Gasteiger partial charge on any atom is -0.475 e. The molecule has 0 aromatic carbocycles. The third-order valence-electron chi connectivity index (χ3n) is 4.42. The maximum Gasteiger partial charge on any atom is 0.490 e. The first-order chi connectivity index (χ1) is 14.6. The summed E-state index contributed by atoms with van der Waals surface area (Å²) in [6, 6.07) is 4.29. The Morgan fingerprint density at radius 2 is 2.00 bits per heavy atom. The number of hydrogen-bond donors (Lipinski definition) is 5. The third kappa shape index (κ3) is 11.0. The van der Waals surface area contributed by atoms with Gasteiger partial charge in [-0.25, -0.2) is 10.6 Å². The SMILES string of the molecule is C1CCNCC1.N#CC1(N(N)/C=C(\N)CNCc2ccsc2)CC1.O=C(O)C(F)(F)F. The fourth-order valence-electron chi connectivity index (χ4n) is 2.44. The Morgan fingerprint density at radius 3 is 2.35 bits per heavy atom. The largest absolute Gasteiger partial charge is 0.490 e. The Morgan fingerprint density at radius 1 is 1.39 bits per heavy atom. The summed E-state index contributed by atoms with van der Waals surface area (Å²) >= 11 is 1.67. The average Bonchev–Trinajstić information content (AvgIpc) is 3.38. The van der Waals surface area contributed by atoms with Crippen molar-refractivity contribution in [3.05, 3.63) is 34.3 Å². The van der Waals surface area contributed by atoms with Crippen LogP contribution in [0.4, 0.5) is 13.2 Å². The van der Waals surface area contributed by atoms with Gasteiger partial charge in [-0.15, -0.1) is 0 Å². The summed E-state index contributed by atoms with van der Waals surface area (Å²) in [7, 11) is 0. The number of thiophene rings is 1. The average molecular weight is 463 g/mol. The molecule has 2 fully saturated rings. The summed E-state index contributed by atoms with van der Waals surface area (Å²) in [4.78, 5) is 8.90. The smallest absolute Gasteiger partial charge is 0.475 e. The van der Waals surface area contributed by atoms with E-state index in [0.29, 0.717) is 12.2 Å². The molecule has 1 saturated heterocycles. The van der Waals surface area contributed by atoms with Crippen LogP contribution in [-0.2, 0) is 11.3 Å². The number of nitriles is 1. The second-order valence-corrected chi connectivity index (χ2v) is 7.88. The molecule has 2 aliphatic rings. The number of nitrogens with two attached hydrogens (primary N) is 2. The molecular formula is C19H29F3N6O2S. The van der Waals surface area contributed by atoms with Crippen LogP contribution in [-0.4, -0.2) is 47.4 Å². The fourth-order valence-corrected chi connectivity index (χ4v) is 3.11. The highest BCUT2D eigenvalue weighted by Gasteiger charge is 2.47. The maximum atomic E-state index is 10.6. The van der Waals surface area contributed by atoms with E-state index < -0.39 is 17.7 Å². The molecule has 0 bridgehead atoms. The Labute approximate surface area is 183 Å². The van der Waals surface area contributed by atoms with E-state index in [2.05, 4.69) is 28.1 Å². The number of carboxylic acids is 1. The molecule has 2 heterocycles. The Hall–Kier alpha value is -2.33. The van der Waals surface area contributed by atoms with Gasteiger partial charge in [0.05, 0.1) is 6.07 Å². The molecule has 3 rings (SSSR count). The summed E-state index contributed by atoms with van der Waals surface area (Å²) < 4.78 is 31.7. The number of hydrogen-bond acceptors (Lipinski definition) is 8. The predicted octanol–water partition coefficient (Wildman–Crippen LogP) is 2.26. The van der Waals surface area contributed by atoms with Crippen LogP contribution in [0.25, 0.3) is 0 Å². The molecule has 0 radical (unpaired) electrons. The second-order valence-electron chi connectivity index (χ2n) is 7.10. The van der Waals surface area contributed by atoms with Crippen LogP contribution in [0.3, 0.4) is 0 Å². The number of halogens is 3. The van der Waals surface area contributed by atoms with Crippen molar-refractivity contribution < 1.29 is 23.1 Å². The molecule has 1 aliphatic heterocycles. The van der Waals surface area contributed by atoms with Crippen LogP contribution >= 0.6 is 11.3 Å². The minimum absolute atomic E-state index is 0.516. The highest BCUT2D eigenvalue weighted by Crippen LogP contribution is 2.39. The lowest BCUT2D eigenvalue weighted by Crippen LogP contribution is -2.39. The standard InChI is InChI=1S/C12H17N5S.C5H11N.C2HF3O2/c13-9-12(2-3-12)17(15)7-11(14)6-16-5-10-1-4-18-8-10;1-2-4-6-5-3-1;3-2(4,5)1(6)7/h1,4,7-8,16H,2-3,5-6,14-15H2;6H,1-5H2;(H,6,7)/b11-7-;;. The number of nitrogens with one attached hydrogen (secondary N) is 2. The van der Waals surface area contributed by atoms with E-state index >= 15 is 0 Å². The van der Waals surface area contributed by atoms with Gasteiger partial charge in [-0.3, -0.25) is 5.01 Å². The highest BCUT2D eigenvalue weighted by atomic mass is 32.1. The van der Waals surface area contributed by atoms with Gasteiger partial charge in [0.25, 0.3) is 0 Å². The zero-order valence-electron chi connectivity index (χ0n) is 17.1. The first kappa shape index (κ1) is 26.7. The number of rotatable bonds is 6. The topological polar surface area (TPSA) is 140 Å². The molecule has 31 heavy (non-hydrogen) atoms. The molecule has 1 aromatic rings. The van der Waals surface area contributed by atoms with Gasteiger partial charge in [-0.05, 0) is 61.2 Å². The van der Waals surface area contributed by atoms with E-state index in [0.717, 1.165) is 19.4 Å². The first-order valence-corrected chi connectivity index (χ1v) is 10.7. The van der Waals surface area contributed by atoms with Crippen LogP contribution in [0.1, 0.15) is 37.7 Å². The second kappa shape index (κ2) is 13.2. The van der Waals surface area contributed by atoms with Crippen molar-refractivity contribution >= 4 is 17.3 Å². The zero-order chi connectivity index (χ0) is 23.3. The number of piperidine rings is 1. The van der Waals surface area contributed by atoms with Crippen molar-refractivity contribution in [1.82, 2.24) is 15.6 Å². The molecule has 7 N–H and O–H groups in total. The van der Waals surface area contributed by atoms with Gasteiger partial charge >= 0.3 is 12.1 Å². The number of hydrazine groups is 1. The van der Waals surface area contributed by atoms with E-state index in [-0.39, 0.29) is 0 Å². The van der Waals surface area contributed by atoms with E-state index in [1.807, 2.05) is 5.38 Å². The van der Waals surface area contributed by atoms with Crippen molar-refractivity contribution in [3.8, 4) is 6.07 Å². The van der Waals surface area contributed by atoms with Crippen molar-refractivity contribution in [2.45, 2.75) is 50.4 Å². The van der Waals surface area contributed by atoms with Gasteiger partial charge in [0, 0.05) is 25.0 Å². The molecule has 12 heteroatoms. The summed E-state index contributed by atoms with van der Waals surface area (Å²) in [6.45, 7) is 3.84. The van der Waals surface area contributed by atoms with Crippen LogP contribution in [0, 0.1) is 11.3 Å². The van der Waals surface area contributed by atoms with Gasteiger partial charge in [-0.2, -0.15) is 29.8 Å². The molecule has 1 saturated carbocycles. The van der Waals surface area contributed by atoms with Gasteiger partial charge in [-0.1, -0.05) is 6.42 Å². The number of carbonyl (C=O) groups is 1. The summed E-state index contributed by atoms with van der Waals surface area (Å²) in [5.41, 5.74) is 7.22. The number of nitrogens with zero attached hydrogens (tertiary/aromatic N) is 2.